The summed E-state index contributed by atoms with van der Waals surface area (Å²) in [6.07, 6.45) is 3.06. The van der Waals surface area contributed by atoms with E-state index in [1.165, 1.54) is 18.4 Å². The third kappa shape index (κ3) is 3.95. The van der Waals surface area contributed by atoms with E-state index in [4.69, 9.17) is 0 Å². The normalized spacial score (nSPS) is 15.5. The Labute approximate surface area is 131 Å². The Balaban J connectivity index is 1.61. The van der Waals surface area contributed by atoms with Gasteiger partial charge in [-0.05, 0) is 41.9 Å². The van der Waals surface area contributed by atoms with Crippen molar-refractivity contribution >= 4 is 5.97 Å². The topological polar surface area (TPSA) is 49.3 Å². The van der Waals surface area contributed by atoms with Gasteiger partial charge >= 0.3 is 5.97 Å². The molecular weight excluding hydrogens is 274 g/mol. The molecule has 1 aliphatic rings. The number of benzene rings is 2. The molecule has 0 amide bonds. The van der Waals surface area contributed by atoms with Gasteiger partial charge in [-0.15, -0.1) is 0 Å². The zero-order valence-electron chi connectivity index (χ0n) is 12.5. The van der Waals surface area contributed by atoms with Crippen LogP contribution in [0.15, 0.2) is 54.6 Å². The van der Waals surface area contributed by atoms with Gasteiger partial charge in [0, 0.05) is 6.54 Å². The molecule has 114 valence electrons. The molecule has 0 bridgehead atoms. The van der Waals surface area contributed by atoms with E-state index >= 15 is 0 Å². The number of rotatable bonds is 7. The van der Waals surface area contributed by atoms with Gasteiger partial charge in [0.1, 0.15) is 6.04 Å². The predicted molar refractivity (Wildman–Crippen MR) is 86.8 cm³/mol. The van der Waals surface area contributed by atoms with Gasteiger partial charge in [-0.2, -0.15) is 0 Å². The van der Waals surface area contributed by atoms with Crippen molar-refractivity contribution in [3.63, 3.8) is 0 Å². The number of carbonyl (C=O) groups is 1. The van der Waals surface area contributed by atoms with Crippen molar-refractivity contribution in [2.45, 2.75) is 37.8 Å². The highest BCUT2D eigenvalue weighted by molar-refractivity contribution is 5.73. The molecule has 0 spiro atoms. The zero-order valence-corrected chi connectivity index (χ0v) is 12.5. The van der Waals surface area contributed by atoms with Gasteiger partial charge in [0.2, 0.25) is 0 Å². The molecule has 3 nitrogen and oxygen atoms in total. The molecule has 1 aliphatic carbocycles. The third-order valence-electron chi connectivity index (χ3n) is 4.13. The average molecular weight is 295 g/mol. The molecule has 2 aromatic rings. The first-order chi connectivity index (χ1) is 10.7. The van der Waals surface area contributed by atoms with Gasteiger partial charge < -0.3 is 10.4 Å². The fourth-order valence-corrected chi connectivity index (χ4v) is 2.71. The fourth-order valence-electron chi connectivity index (χ4n) is 2.71. The average Bonchev–Trinajstić information content (AvgIpc) is 3.37. The van der Waals surface area contributed by atoms with Gasteiger partial charge in [0.15, 0.2) is 0 Å². The predicted octanol–water partition coefficient (Wildman–Crippen LogP) is 3.35. The summed E-state index contributed by atoms with van der Waals surface area (Å²) in [5.74, 6) is -0.0817. The van der Waals surface area contributed by atoms with Crippen LogP contribution in [0.4, 0.5) is 0 Å². The van der Waals surface area contributed by atoms with Crippen molar-refractivity contribution in [3.05, 3.63) is 71.3 Å². The van der Waals surface area contributed by atoms with Crippen LogP contribution >= 0.6 is 0 Å². The Kier molecular flexibility index (Phi) is 4.54. The number of hydrogen-bond acceptors (Lipinski definition) is 2. The van der Waals surface area contributed by atoms with Crippen molar-refractivity contribution in [1.82, 2.24) is 5.32 Å². The summed E-state index contributed by atoms with van der Waals surface area (Å²) >= 11 is 0. The zero-order chi connectivity index (χ0) is 15.4. The van der Waals surface area contributed by atoms with E-state index in [1.807, 2.05) is 30.3 Å². The molecule has 0 aromatic heterocycles. The molecule has 2 N–H and O–H groups in total. The summed E-state index contributed by atoms with van der Waals surface area (Å²) in [5.41, 5.74) is 3.58. The van der Waals surface area contributed by atoms with Crippen LogP contribution in [-0.2, 0) is 17.8 Å². The summed E-state index contributed by atoms with van der Waals surface area (Å²) in [6, 6.07) is 17.7. The summed E-state index contributed by atoms with van der Waals surface area (Å²) in [7, 11) is 0. The third-order valence-corrected chi connectivity index (χ3v) is 4.13. The first kappa shape index (κ1) is 14.8. The maximum atomic E-state index is 11.4. The van der Waals surface area contributed by atoms with Crippen LogP contribution < -0.4 is 5.32 Å². The van der Waals surface area contributed by atoms with Gasteiger partial charge in [-0.25, -0.2) is 0 Å². The second-order valence-corrected chi connectivity index (χ2v) is 5.98. The summed E-state index contributed by atoms with van der Waals surface area (Å²) < 4.78 is 0. The van der Waals surface area contributed by atoms with Crippen LogP contribution in [0.5, 0.6) is 0 Å². The standard InChI is InChI=1S/C19H21NO2/c21-19(22)18(12-14-5-2-1-3-6-14)20-13-15-7-4-8-17(11-15)16-9-10-16/h1-8,11,16,18,20H,9-10,12-13H2,(H,21,22)/t18-/m0/s1. The smallest absolute Gasteiger partial charge is 0.321 e. The minimum Gasteiger partial charge on any atom is -0.480 e. The van der Waals surface area contributed by atoms with E-state index in [2.05, 4.69) is 29.6 Å². The quantitative estimate of drug-likeness (QED) is 0.823. The second-order valence-electron chi connectivity index (χ2n) is 5.98. The molecule has 1 atom stereocenters. The molecule has 3 rings (SSSR count). The molecule has 0 aliphatic heterocycles. The molecule has 1 saturated carbocycles. The van der Waals surface area contributed by atoms with E-state index in [9.17, 15) is 9.90 Å². The van der Waals surface area contributed by atoms with Crippen molar-refractivity contribution in [1.29, 1.82) is 0 Å². The molecule has 0 heterocycles. The first-order valence-corrected chi connectivity index (χ1v) is 7.81. The molecule has 0 unspecified atom stereocenters. The van der Waals surface area contributed by atoms with Gasteiger partial charge in [0.05, 0.1) is 0 Å². The molecule has 0 radical (unpaired) electrons. The lowest BCUT2D eigenvalue weighted by molar-refractivity contribution is -0.139. The van der Waals surface area contributed by atoms with Crippen LogP contribution in [0.2, 0.25) is 0 Å². The van der Waals surface area contributed by atoms with Crippen LogP contribution in [0.1, 0.15) is 35.4 Å². The molecule has 1 fully saturated rings. The number of hydrogen-bond donors (Lipinski definition) is 2. The highest BCUT2D eigenvalue weighted by atomic mass is 16.4. The highest BCUT2D eigenvalue weighted by Gasteiger charge is 2.23. The Morgan fingerprint density at radius 3 is 2.50 bits per heavy atom. The minimum atomic E-state index is -0.804. The molecule has 3 heteroatoms. The SMILES string of the molecule is O=C(O)[C@H](Cc1ccccc1)NCc1cccc(C2CC2)c1. The van der Waals surface area contributed by atoms with Crippen LogP contribution in [-0.4, -0.2) is 17.1 Å². The molecule has 0 saturated heterocycles. The maximum absolute atomic E-state index is 11.4. The molecular formula is C19H21NO2. The highest BCUT2D eigenvalue weighted by Crippen LogP contribution is 2.40. The Bertz CT molecular complexity index is 635. The van der Waals surface area contributed by atoms with Gasteiger partial charge in [-0.1, -0.05) is 54.6 Å². The van der Waals surface area contributed by atoms with Crippen LogP contribution in [0.3, 0.4) is 0 Å². The Morgan fingerprint density at radius 2 is 1.82 bits per heavy atom. The number of aliphatic carboxylic acids is 1. The largest absolute Gasteiger partial charge is 0.480 e. The van der Waals surface area contributed by atoms with Crippen molar-refractivity contribution < 1.29 is 9.90 Å². The van der Waals surface area contributed by atoms with E-state index in [0.29, 0.717) is 13.0 Å². The minimum absolute atomic E-state index is 0.499. The molecule has 2 aromatic carbocycles. The van der Waals surface area contributed by atoms with Gasteiger partial charge in [-0.3, -0.25) is 4.79 Å². The van der Waals surface area contributed by atoms with E-state index < -0.39 is 12.0 Å². The Morgan fingerprint density at radius 1 is 1.09 bits per heavy atom. The first-order valence-electron chi connectivity index (χ1n) is 7.81. The van der Waals surface area contributed by atoms with Crippen molar-refractivity contribution in [3.8, 4) is 0 Å². The summed E-state index contributed by atoms with van der Waals surface area (Å²) in [4.78, 5) is 11.4. The molecule has 22 heavy (non-hydrogen) atoms. The lowest BCUT2D eigenvalue weighted by Gasteiger charge is -2.15. The Hall–Kier alpha value is -2.13. The second kappa shape index (κ2) is 6.75. The van der Waals surface area contributed by atoms with Crippen LogP contribution in [0, 0.1) is 0 Å². The van der Waals surface area contributed by atoms with Gasteiger partial charge in [0.25, 0.3) is 0 Å². The lowest BCUT2D eigenvalue weighted by Crippen LogP contribution is -2.38. The number of carboxylic acid groups (broad SMARTS) is 1. The number of carboxylic acids is 1. The fraction of sp³-hybridized carbons (Fsp3) is 0.316. The van der Waals surface area contributed by atoms with Crippen molar-refractivity contribution in [2.75, 3.05) is 0 Å². The summed E-state index contributed by atoms with van der Waals surface area (Å²) in [6.45, 7) is 0.588. The van der Waals surface area contributed by atoms with E-state index in [-0.39, 0.29) is 0 Å². The summed E-state index contributed by atoms with van der Waals surface area (Å²) in [5, 5.41) is 12.6. The van der Waals surface area contributed by atoms with E-state index in [1.54, 1.807) is 0 Å². The number of nitrogens with one attached hydrogen (secondary N) is 1. The van der Waals surface area contributed by atoms with Crippen molar-refractivity contribution in [2.24, 2.45) is 0 Å². The van der Waals surface area contributed by atoms with E-state index in [0.717, 1.165) is 17.0 Å². The maximum Gasteiger partial charge on any atom is 0.321 e. The monoisotopic (exact) mass is 295 g/mol. The lowest BCUT2D eigenvalue weighted by atomic mass is 10.0. The van der Waals surface area contributed by atoms with Crippen LogP contribution in [0.25, 0.3) is 0 Å².